The van der Waals surface area contributed by atoms with Crippen LogP contribution in [0.15, 0.2) is 64.1 Å². The quantitative estimate of drug-likeness (QED) is 0.498. The van der Waals surface area contributed by atoms with E-state index in [1.807, 2.05) is 67.3 Å². The number of nitrogens with zero attached hydrogens (tertiary/aromatic N) is 3. The summed E-state index contributed by atoms with van der Waals surface area (Å²) < 4.78 is 25.7. The van der Waals surface area contributed by atoms with E-state index in [9.17, 15) is 4.39 Å². The van der Waals surface area contributed by atoms with Crippen molar-refractivity contribution in [2.45, 2.75) is 25.8 Å². The molecular formula is C24H27FN4O2. The second-order valence-electron chi connectivity index (χ2n) is 8.14. The summed E-state index contributed by atoms with van der Waals surface area (Å²) in [6.07, 6.45) is 0. The van der Waals surface area contributed by atoms with Gasteiger partial charge in [-0.3, -0.25) is 0 Å². The number of hydrogen-bond donors (Lipinski definition) is 1. The van der Waals surface area contributed by atoms with Crippen molar-refractivity contribution in [1.29, 1.82) is 0 Å². The molecule has 2 N–H and O–H groups in total. The maximum atomic E-state index is 14.9. The highest BCUT2D eigenvalue weighted by Crippen LogP contribution is 2.34. The van der Waals surface area contributed by atoms with Crippen molar-refractivity contribution in [2.24, 2.45) is 10.7 Å². The third-order valence-corrected chi connectivity index (χ3v) is 5.71. The van der Waals surface area contributed by atoms with Crippen LogP contribution in [-0.4, -0.2) is 42.3 Å². The van der Waals surface area contributed by atoms with Gasteiger partial charge in [0.15, 0.2) is 11.7 Å². The van der Waals surface area contributed by atoms with Gasteiger partial charge in [0.25, 0.3) is 0 Å². The number of hydrogen-bond acceptors (Lipinski definition) is 4. The minimum atomic E-state index is -0.530. The zero-order valence-electron chi connectivity index (χ0n) is 17.8. The average Bonchev–Trinajstić information content (AvgIpc) is 3.28. The Morgan fingerprint density at radius 3 is 2.58 bits per heavy atom. The first-order valence-corrected chi connectivity index (χ1v) is 10.4. The van der Waals surface area contributed by atoms with Gasteiger partial charge >= 0.3 is 0 Å². The Balaban J connectivity index is 1.50. The van der Waals surface area contributed by atoms with Gasteiger partial charge in [0.2, 0.25) is 0 Å². The summed E-state index contributed by atoms with van der Waals surface area (Å²) in [5.74, 6) is 0.822. The molecule has 0 amide bonds. The van der Waals surface area contributed by atoms with Crippen LogP contribution in [0.3, 0.4) is 0 Å². The Hall–Kier alpha value is -3.19. The van der Waals surface area contributed by atoms with Crippen LogP contribution in [0.4, 0.5) is 4.39 Å². The summed E-state index contributed by atoms with van der Waals surface area (Å²) in [6, 6.07) is 16.7. The van der Waals surface area contributed by atoms with Crippen LogP contribution < -0.4 is 5.73 Å². The summed E-state index contributed by atoms with van der Waals surface area (Å²) in [4.78, 5) is 6.40. The molecule has 0 saturated carbocycles. The van der Waals surface area contributed by atoms with Gasteiger partial charge in [-0.25, -0.2) is 9.38 Å². The van der Waals surface area contributed by atoms with Crippen LogP contribution in [0.1, 0.15) is 30.9 Å². The Bertz CT molecular complexity index is 1060. The van der Waals surface area contributed by atoms with Crippen molar-refractivity contribution in [3.05, 3.63) is 77.4 Å². The number of halogens is 1. The van der Waals surface area contributed by atoms with Crippen LogP contribution in [0.5, 0.6) is 0 Å². The van der Waals surface area contributed by atoms with E-state index in [1.54, 1.807) is 6.07 Å². The standard InChI is InChI=1S/C24H27FN4O2/c1-24(2,18-8-9-20(21(25)14-18)17-6-4-3-5-7-17)22-15-19(31-28-22)16-27-23(26)29-10-12-30-13-11-29/h3-9,14-15H,10-13,16H2,1-2H3,(H2,26,27). The predicted octanol–water partition coefficient (Wildman–Crippen LogP) is 3.95. The van der Waals surface area contributed by atoms with Crippen molar-refractivity contribution in [3.63, 3.8) is 0 Å². The van der Waals surface area contributed by atoms with Gasteiger partial charge in [-0.2, -0.15) is 0 Å². The van der Waals surface area contributed by atoms with Gasteiger partial charge < -0.3 is 19.9 Å². The molecule has 6 nitrogen and oxygen atoms in total. The molecule has 4 rings (SSSR count). The highest BCUT2D eigenvalue weighted by Gasteiger charge is 2.28. The van der Waals surface area contributed by atoms with Gasteiger partial charge in [-0.1, -0.05) is 61.5 Å². The maximum Gasteiger partial charge on any atom is 0.191 e. The number of rotatable bonds is 5. The highest BCUT2D eigenvalue weighted by molar-refractivity contribution is 5.78. The zero-order chi connectivity index (χ0) is 21.8. The first-order valence-electron chi connectivity index (χ1n) is 10.4. The monoisotopic (exact) mass is 422 g/mol. The number of morpholine rings is 1. The number of aromatic nitrogens is 1. The Kier molecular flexibility index (Phi) is 6.04. The molecule has 1 aliphatic heterocycles. The van der Waals surface area contributed by atoms with Crippen molar-refractivity contribution < 1.29 is 13.7 Å². The van der Waals surface area contributed by atoms with E-state index in [0.29, 0.717) is 37.0 Å². The first-order chi connectivity index (χ1) is 14.9. The summed E-state index contributed by atoms with van der Waals surface area (Å²) in [5.41, 5.74) is 8.51. The molecule has 162 valence electrons. The van der Waals surface area contributed by atoms with Crippen LogP contribution in [-0.2, 0) is 16.7 Å². The van der Waals surface area contributed by atoms with Crippen LogP contribution in [0, 0.1) is 5.82 Å². The molecule has 0 atom stereocenters. The number of ether oxygens (including phenoxy) is 1. The fourth-order valence-corrected chi connectivity index (χ4v) is 3.64. The Morgan fingerprint density at radius 1 is 1.13 bits per heavy atom. The summed E-state index contributed by atoms with van der Waals surface area (Å²) in [6.45, 7) is 7.05. The van der Waals surface area contributed by atoms with Crippen molar-refractivity contribution in [3.8, 4) is 11.1 Å². The third kappa shape index (κ3) is 4.61. The number of aliphatic imine (C=N–C) groups is 1. The van der Waals surface area contributed by atoms with E-state index in [4.69, 9.17) is 15.0 Å². The first kappa shape index (κ1) is 21.1. The van der Waals surface area contributed by atoms with Crippen molar-refractivity contribution >= 4 is 5.96 Å². The van der Waals surface area contributed by atoms with E-state index < -0.39 is 5.41 Å². The van der Waals surface area contributed by atoms with E-state index in [1.165, 1.54) is 0 Å². The molecule has 0 radical (unpaired) electrons. The predicted molar refractivity (Wildman–Crippen MR) is 118 cm³/mol. The SMILES string of the molecule is CC(C)(c1ccc(-c2ccccc2)c(F)c1)c1cc(C/N=C(\N)N2CCOCC2)on1. The molecule has 7 heteroatoms. The Morgan fingerprint density at radius 2 is 1.87 bits per heavy atom. The van der Waals surface area contributed by atoms with Crippen LogP contribution in [0.25, 0.3) is 11.1 Å². The second kappa shape index (κ2) is 8.89. The third-order valence-electron chi connectivity index (χ3n) is 5.71. The molecule has 1 aliphatic rings. The van der Waals surface area contributed by atoms with E-state index in [0.717, 1.165) is 29.9 Å². The molecule has 0 aliphatic carbocycles. The number of guanidine groups is 1. The van der Waals surface area contributed by atoms with Gasteiger partial charge in [0.05, 0.1) is 18.9 Å². The van der Waals surface area contributed by atoms with E-state index in [2.05, 4.69) is 10.1 Å². The van der Waals surface area contributed by atoms with Gasteiger partial charge in [-0.15, -0.1) is 0 Å². The molecule has 0 unspecified atom stereocenters. The van der Waals surface area contributed by atoms with Crippen molar-refractivity contribution in [2.75, 3.05) is 26.3 Å². The number of benzene rings is 2. The molecule has 1 saturated heterocycles. The molecule has 0 bridgehead atoms. The molecule has 3 aromatic rings. The molecule has 1 aromatic heterocycles. The van der Waals surface area contributed by atoms with Crippen LogP contribution >= 0.6 is 0 Å². The largest absolute Gasteiger partial charge is 0.378 e. The summed E-state index contributed by atoms with van der Waals surface area (Å²) >= 11 is 0. The van der Waals surface area contributed by atoms with Crippen molar-refractivity contribution in [1.82, 2.24) is 10.1 Å². The van der Waals surface area contributed by atoms with Gasteiger partial charge in [0.1, 0.15) is 12.4 Å². The average molecular weight is 423 g/mol. The summed E-state index contributed by atoms with van der Waals surface area (Å²) in [5, 5.41) is 4.22. The normalized spacial score (nSPS) is 15.3. The van der Waals surface area contributed by atoms with E-state index in [-0.39, 0.29) is 5.82 Å². The molecule has 2 aromatic carbocycles. The van der Waals surface area contributed by atoms with E-state index >= 15 is 0 Å². The highest BCUT2D eigenvalue weighted by atomic mass is 19.1. The number of nitrogens with two attached hydrogens (primary N) is 1. The lowest BCUT2D eigenvalue weighted by Gasteiger charge is -2.27. The minimum Gasteiger partial charge on any atom is -0.378 e. The lowest BCUT2D eigenvalue weighted by Crippen LogP contribution is -2.44. The summed E-state index contributed by atoms with van der Waals surface area (Å²) in [7, 11) is 0. The molecule has 2 heterocycles. The molecular weight excluding hydrogens is 395 g/mol. The van der Waals surface area contributed by atoms with Gasteiger partial charge in [-0.05, 0) is 17.2 Å². The maximum absolute atomic E-state index is 14.9. The Labute approximate surface area is 181 Å². The lowest BCUT2D eigenvalue weighted by atomic mass is 9.81. The smallest absolute Gasteiger partial charge is 0.191 e. The molecule has 0 spiro atoms. The second-order valence-corrected chi connectivity index (χ2v) is 8.14. The lowest BCUT2D eigenvalue weighted by molar-refractivity contribution is 0.0674. The minimum absolute atomic E-state index is 0.261. The molecule has 31 heavy (non-hydrogen) atoms. The van der Waals surface area contributed by atoms with Gasteiger partial charge in [0, 0.05) is 30.1 Å². The fraction of sp³-hybridized carbons (Fsp3) is 0.333. The topological polar surface area (TPSA) is 76.9 Å². The molecule has 1 fully saturated rings. The fourth-order valence-electron chi connectivity index (χ4n) is 3.64. The van der Waals surface area contributed by atoms with Crippen LogP contribution in [0.2, 0.25) is 0 Å². The zero-order valence-corrected chi connectivity index (χ0v) is 17.8.